The van der Waals surface area contributed by atoms with Crippen molar-refractivity contribution in [3.05, 3.63) is 89.7 Å². The van der Waals surface area contributed by atoms with Gasteiger partial charge in [-0.25, -0.2) is 9.07 Å². The van der Waals surface area contributed by atoms with E-state index in [9.17, 15) is 14.0 Å². The summed E-state index contributed by atoms with van der Waals surface area (Å²) in [7, 11) is 1.57. The molecule has 0 unspecified atom stereocenters. The van der Waals surface area contributed by atoms with Crippen LogP contribution in [0.5, 0.6) is 5.75 Å². The minimum absolute atomic E-state index is 0.124. The first-order valence-electron chi connectivity index (χ1n) is 12.6. The third-order valence-electron chi connectivity index (χ3n) is 6.28. The third kappa shape index (κ3) is 6.53. The first-order chi connectivity index (χ1) is 18.4. The lowest BCUT2D eigenvalue weighted by atomic mass is 10.0. The number of carbonyl (C=O) groups excluding carboxylic acids is 2. The zero-order chi connectivity index (χ0) is 27.1. The Labute approximate surface area is 221 Å². The van der Waals surface area contributed by atoms with Crippen molar-refractivity contribution in [1.29, 1.82) is 0 Å². The normalized spacial score (nSPS) is 11.9. The van der Waals surface area contributed by atoms with E-state index in [1.807, 2.05) is 48.5 Å². The van der Waals surface area contributed by atoms with Crippen LogP contribution in [0.2, 0.25) is 0 Å². The number of methoxy groups -OCH3 is 1. The van der Waals surface area contributed by atoms with Crippen molar-refractivity contribution in [2.75, 3.05) is 13.7 Å². The summed E-state index contributed by atoms with van der Waals surface area (Å²) in [6, 6.07) is 19.4. The number of hydrogen-bond donors (Lipinski definition) is 1. The van der Waals surface area contributed by atoms with E-state index in [4.69, 9.17) is 4.74 Å². The SMILES string of the molecule is COc1cccc(CN(C(=O)Cn2nnc3ccccc32)[C@H](C(=O)NCCC(C)C)c2ccc(F)cc2)c1. The van der Waals surface area contributed by atoms with Crippen LogP contribution in [0, 0.1) is 11.7 Å². The molecule has 0 fully saturated rings. The van der Waals surface area contributed by atoms with Crippen LogP contribution in [0.4, 0.5) is 4.39 Å². The summed E-state index contributed by atoms with van der Waals surface area (Å²) < 4.78 is 20.7. The second kappa shape index (κ2) is 12.3. The highest BCUT2D eigenvalue weighted by Gasteiger charge is 2.32. The molecule has 4 aromatic rings. The average Bonchev–Trinajstić information content (AvgIpc) is 3.32. The van der Waals surface area contributed by atoms with Crippen molar-refractivity contribution in [3.8, 4) is 5.75 Å². The van der Waals surface area contributed by atoms with Crippen LogP contribution in [0.1, 0.15) is 37.4 Å². The van der Waals surface area contributed by atoms with E-state index in [0.717, 1.165) is 12.0 Å². The Bertz CT molecular complexity index is 1390. The number of carbonyl (C=O) groups is 2. The number of aromatic nitrogens is 3. The Morgan fingerprint density at radius 2 is 1.82 bits per heavy atom. The van der Waals surface area contributed by atoms with Gasteiger partial charge in [0, 0.05) is 13.1 Å². The van der Waals surface area contributed by atoms with Gasteiger partial charge in [-0.15, -0.1) is 5.10 Å². The van der Waals surface area contributed by atoms with Crippen LogP contribution >= 0.6 is 0 Å². The molecule has 0 aliphatic carbocycles. The topological polar surface area (TPSA) is 89.3 Å². The van der Waals surface area contributed by atoms with Gasteiger partial charge in [0.05, 0.1) is 12.6 Å². The van der Waals surface area contributed by atoms with Crippen molar-refractivity contribution >= 4 is 22.8 Å². The number of rotatable bonds is 11. The molecule has 1 atom stereocenters. The van der Waals surface area contributed by atoms with Crippen LogP contribution in [0.3, 0.4) is 0 Å². The molecule has 0 saturated heterocycles. The van der Waals surface area contributed by atoms with Crippen molar-refractivity contribution in [2.24, 2.45) is 5.92 Å². The molecule has 1 heterocycles. The highest BCUT2D eigenvalue weighted by Crippen LogP contribution is 2.26. The fraction of sp³-hybridized carbons (Fsp3) is 0.310. The van der Waals surface area contributed by atoms with Crippen molar-refractivity contribution in [3.63, 3.8) is 0 Å². The predicted molar refractivity (Wildman–Crippen MR) is 143 cm³/mol. The highest BCUT2D eigenvalue weighted by atomic mass is 19.1. The van der Waals surface area contributed by atoms with E-state index in [1.165, 1.54) is 21.7 Å². The Kier molecular flexibility index (Phi) is 8.68. The van der Waals surface area contributed by atoms with Crippen LogP contribution in [-0.4, -0.2) is 45.4 Å². The van der Waals surface area contributed by atoms with Gasteiger partial charge in [-0.2, -0.15) is 0 Å². The summed E-state index contributed by atoms with van der Waals surface area (Å²) in [5, 5.41) is 11.3. The van der Waals surface area contributed by atoms with E-state index in [-0.39, 0.29) is 24.9 Å². The Balaban J connectivity index is 1.72. The molecule has 4 rings (SSSR count). The average molecular weight is 518 g/mol. The van der Waals surface area contributed by atoms with Gasteiger partial charge in [-0.3, -0.25) is 9.59 Å². The van der Waals surface area contributed by atoms with Gasteiger partial charge in [0.2, 0.25) is 11.8 Å². The van der Waals surface area contributed by atoms with Gasteiger partial charge in [0.25, 0.3) is 0 Å². The molecule has 0 radical (unpaired) electrons. The Morgan fingerprint density at radius 3 is 2.55 bits per heavy atom. The number of halogens is 1. The fourth-order valence-electron chi connectivity index (χ4n) is 4.24. The summed E-state index contributed by atoms with van der Waals surface area (Å²) in [6.07, 6.45) is 0.788. The van der Waals surface area contributed by atoms with E-state index >= 15 is 0 Å². The van der Waals surface area contributed by atoms with E-state index < -0.39 is 11.9 Å². The van der Waals surface area contributed by atoms with Gasteiger partial charge in [0.1, 0.15) is 29.7 Å². The molecule has 0 aliphatic heterocycles. The molecular formula is C29H32FN5O3. The quantitative estimate of drug-likeness (QED) is 0.316. The van der Waals surface area contributed by atoms with Crippen LogP contribution in [-0.2, 0) is 22.7 Å². The maximum atomic E-state index is 13.9. The molecule has 9 heteroatoms. The summed E-state index contributed by atoms with van der Waals surface area (Å²) >= 11 is 0. The molecule has 38 heavy (non-hydrogen) atoms. The molecule has 0 bridgehead atoms. The molecule has 0 saturated carbocycles. The Morgan fingerprint density at radius 1 is 1.05 bits per heavy atom. The molecule has 0 spiro atoms. The standard InChI is InChI=1S/C29H32FN5O3/c1-20(2)15-16-31-29(37)28(22-11-13-23(30)14-12-22)34(18-21-7-6-8-24(17-21)38-3)27(36)19-35-26-10-5-4-9-25(26)32-33-35/h4-14,17,20,28H,15-16,18-19H2,1-3H3,(H,31,37)/t28-/m0/s1. The second-order valence-corrected chi connectivity index (χ2v) is 9.54. The van der Waals surface area contributed by atoms with E-state index in [2.05, 4.69) is 29.5 Å². The molecule has 1 aromatic heterocycles. The predicted octanol–water partition coefficient (Wildman–Crippen LogP) is 4.51. The zero-order valence-electron chi connectivity index (χ0n) is 21.8. The largest absolute Gasteiger partial charge is 0.497 e. The summed E-state index contributed by atoms with van der Waals surface area (Å²) in [6.45, 7) is 4.61. The number of ether oxygens (including phenoxy) is 1. The molecular weight excluding hydrogens is 485 g/mol. The number of nitrogens with zero attached hydrogens (tertiary/aromatic N) is 4. The molecule has 1 N–H and O–H groups in total. The van der Waals surface area contributed by atoms with Crippen molar-refractivity contribution in [2.45, 2.75) is 39.4 Å². The van der Waals surface area contributed by atoms with Crippen LogP contribution in [0.15, 0.2) is 72.8 Å². The van der Waals surface area contributed by atoms with Crippen molar-refractivity contribution in [1.82, 2.24) is 25.2 Å². The van der Waals surface area contributed by atoms with E-state index in [0.29, 0.717) is 34.8 Å². The number of para-hydroxylation sites is 1. The van der Waals surface area contributed by atoms with Gasteiger partial charge in [-0.05, 0) is 59.9 Å². The van der Waals surface area contributed by atoms with Gasteiger partial charge >= 0.3 is 0 Å². The van der Waals surface area contributed by atoms with Crippen LogP contribution in [0.25, 0.3) is 11.0 Å². The molecule has 3 aromatic carbocycles. The molecule has 198 valence electrons. The lowest BCUT2D eigenvalue weighted by molar-refractivity contribution is -0.142. The van der Waals surface area contributed by atoms with Crippen molar-refractivity contribution < 1.29 is 18.7 Å². The number of nitrogens with one attached hydrogen (secondary N) is 1. The number of amides is 2. The Hall–Kier alpha value is -4.27. The lowest BCUT2D eigenvalue weighted by Gasteiger charge is -2.32. The summed E-state index contributed by atoms with van der Waals surface area (Å²) in [5.74, 6) is -0.0622. The van der Waals surface area contributed by atoms with Gasteiger partial charge < -0.3 is 15.0 Å². The van der Waals surface area contributed by atoms with Gasteiger partial charge in [0.15, 0.2) is 0 Å². The van der Waals surface area contributed by atoms with E-state index in [1.54, 1.807) is 19.2 Å². The smallest absolute Gasteiger partial charge is 0.247 e. The third-order valence-corrected chi connectivity index (χ3v) is 6.28. The highest BCUT2D eigenvalue weighted by molar-refractivity contribution is 5.89. The summed E-state index contributed by atoms with van der Waals surface area (Å²) in [5.41, 5.74) is 2.67. The molecule has 0 aliphatic rings. The van der Waals surface area contributed by atoms with Crippen LogP contribution < -0.4 is 10.1 Å². The first kappa shape index (κ1) is 26.8. The second-order valence-electron chi connectivity index (χ2n) is 9.54. The zero-order valence-corrected chi connectivity index (χ0v) is 21.8. The lowest BCUT2D eigenvalue weighted by Crippen LogP contribution is -2.45. The first-order valence-corrected chi connectivity index (χ1v) is 12.6. The number of hydrogen-bond acceptors (Lipinski definition) is 5. The number of fused-ring (bicyclic) bond motifs is 1. The molecule has 8 nitrogen and oxygen atoms in total. The minimum Gasteiger partial charge on any atom is -0.497 e. The minimum atomic E-state index is -0.990. The summed E-state index contributed by atoms with van der Waals surface area (Å²) in [4.78, 5) is 29.1. The maximum Gasteiger partial charge on any atom is 0.247 e. The maximum absolute atomic E-state index is 13.9. The molecule has 2 amide bonds. The number of benzene rings is 3. The monoisotopic (exact) mass is 517 g/mol. The van der Waals surface area contributed by atoms with Gasteiger partial charge in [-0.1, -0.05) is 55.5 Å². The fourth-order valence-corrected chi connectivity index (χ4v) is 4.24.